The van der Waals surface area contributed by atoms with Gasteiger partial charge < -0.3 is 5.32 Å². The Morgan fingerprint density at radius 3 is 2.83 bits per heavy atom. The SMILES string of the molecule is Cc1cc(C#N)cc(NCc2ccccc2Cl)n1. The number of halogens is 1. The van der Waals surface area contributed by atoms with Crippen LogP contribution in [0.2, 0.25) is 5.02 Å². The standard InChI is InChI=1S/C14H12ClN3/c1-10-6-11(8-16)7-14(18-10)17-9-12-4-2-3-5-13(12)15/h2-7H,9H2,1H3,(H,17,18). The van der Waals surface area contributed by atoms with Gasteiger partial charge in [-0.3, -0.25) is 0 Å². The first-order valence-electron chi connectivity index (χ1n) is 5.55. The number of benzene rings is 1. The molecule has 1 aromatic heterocycles. The van der Waals surface area contributed by atoms with Crippen LogP contribution in [-0.4, -0.2) is 4.98 Å². The fraction of sp³-hybridized carbons (Fsp3) is 0.143. The Kier molecular flexibility index (Phi) is 3.81. The lowest BCUT2D eigenvalue weighted by molar-refractivity contribution is 1.09. The molecule has 90 valence electrons. The van der Waals surface area contributed by atoms with Crippen molar-refractivity contribution < 1.29 is 0 Å². The van der Waals surface area contributed by atoms with Crippen molar-refractivity contribution in [2.45, 2.75) is 13.5 Å². The van der Waals surface area contributed by atoms with E-state index >= 15 is 0 Å². The third-order valence-corrected chi connectivity index (χ3v) is 2.87. The predicted molar refractivity (Wildman–Crippen MR) is 72.5 cm³/mol. The minimum absolute atomic E-state index is 0.584. The molecule has 1 heterocycles. The van der Waals surface area contributed by atoms with E-state index in [9.17, 15) is 0 Å². The van der Waals surface area contributed by atoms with E-state index in [0.29, 0.717) is 17.9 Å². The van der Waals surface area contributed by atoms with Gasteiger partial charge in [-0.05, 0) is 30.7 Å². The molecule has 0 saturated carbocycles. The number of nitriles is 1. The van der Waals surface area contributed by atoms with E-state index in [1.54, 1.807) is 12.1 Å². The number of pyridine rings is 1. The Hall–Kier alpha value is -2.05. The Labute approximate surface area is 111 Å². The molecule has 0 aliphatic heterocycles. The topological polar surface area (TPSA) is 48.7 Å². The number of aromatic nitrogens is 1. The predicted octanol–water partition coefficient (Wildman–Crippen LogP) is 3.53. The molecule has 0 aliphatic rings. The van der Waals surface area contributed by atoms with Crippen molar-refractivity contribution in [3.05, 3.63) is 58.2 Å². The molecule has 0 spiro atoms. The average molecular weight is 258 g/mol. The van der Waals surface area contributed by atoms with Crippen molar-refractivity contribution in [1.82, 2.24) is 4.98 Å². The summed E-state index contributed by atoms with van der Waals surface area (Å²) in [6.45, 7) is 2.45. The summed E-state index contributed by atoms with van der Waals surface area (Å²) >= 11 is 6.07. The van der Waals surface area contributed by atoms with Crippen LogP contribution < -0.4 is 5.32 Å². The van der Waals surface area contributed by atoms with Gasteiger partial charge in [0.2, 0.25) is 0 Å². The van der Waals surface area contributed by atoms with Crippen LogP contribution in [-0.2, 0) is 6.54 Å². The monoisotopic (exact) mass is 257 g/mol. The maximum absolute atomic E-state index is 8.89. The second kappa shape index (κ2) is 5.52. The smallest absolute Gasteiger partial charge is 0.127 e. The zero-order valence-corrected chi connectivity index (χ0v) is 10.7. The van der Waals surface area contributed by atoms with Gasteiger partial charge in [0, 0.05) is 17.3 Å². The van der Waals surface area contributed by atoms with Gasteiger partial charge in [-0.1, -0.05) is 29.8 Å². The van der Waals surface area contributed by atoms with Gasteiger partial charge in [-0.2, -0.15) is 5.26 Å². The molecule has 0 radical (unpaired) electrons. The van der Waals surface area contributed by atoms with Crippen molar-refractivity contribution in [2.24, 2.45) is 0 Å². The summed E-state index contributed by atoms with van der Waals surface area (Å²) in [7, 11) is 0. The lowest BCUT2D eigenvalue weighted by atomic mass is 10.2. The van der Waals surface area contributed by atoms with Crippen LogP contribution in [0.5, 0.6) is 0 Å². The van der Waals surface area contributed by atoms with Gasteiger partial charge in [-0.25, -0.2) is 4.98 Å². The van der Waals surface area contributed by atoms with E-state index < -0.39 is 0 Å². The van der Waals surface area contributed by atoms with Gasteiger partial charge >= 0.3 is 0 Å². The third-order valence-electron chi connectivity index (χ3n) is 2.50. The first-order chi connectivity index (χ1) is 8.69. The van der Waals surface area contributed by atoms with Crippen molar-refractivity contribution in [3.63, 3.8) is 0 Å². The van der Waals surface area contributed by atoms with E-state index in [0.717, 1.165) is 16.3 Å². The summed E-state index contributed by atoms with van der Waals surface area (Å²) in [5, 5.41) is 12.8. The first-order valence-corrected chi connectivity index (χ1v) is 5.93. The van der Waals surface area contributed by atoms with Gasteiger partial charge in [0.25, 0.3) is 0 Å². The number of hydrogen-bond donors (Lipinski definition) is 1. The molecule has 2 rings (SSSR count). The van der Waals surface area contributed by atoms with Gasteiger partial charge in [0.15, 0.2) is 0 Å². The molecule has 0 aliphatic carbocycles. The fourth-order valence-electron chi connectivity index (χ4n) is 1.65. The van der Waals surface area contributed by atoms with E-state index in [2.05, 4.69) is 16.4 Å². The number of hydrogen-bond acceptors (Lipinski definition) is 3. The number of nitrogens with zero attached hydrogens (tertiary/aromatic N) is 2. The highest BCUT2D eigenvalue weighted by Gasteiger charge is 2.02. The molecule has 0 atom stereocenters. The second-order valence-corrected chi connectivity index (χ2v) is 4.35. The number of aryl methyl sites for hydroxylation is 1. The summed E-state index contributed by atoms with van der Waals surface area (Å²) in [6.07, 6.45) is 0. The molecular formula is C14H12ClN3. The fourth-order valence-corrected chi connectivity index (χ4v) is 1.85. The zero-order chi connectivity index (χ0) is 13.0. The van der Waals surface area contributed by atoms with E-state index in [4.69, 9.17) is 16.9 Å². The highest BCUT2D eigenvalue weighted by Crippen LogP contribution is 2.17. The minimum Gasteiger partial charge on any atom is -0.366 e. The summed E-state index contributed by atoms with van der Waals surface area (Å²) in [6, 6.07) is 13.2. The summed E-state index contributed by atoms with van der Waals surface area (Å²) in [4.78, 5) is 4.32. The van der Waals surface area contributed by atoms with Crippen LogP contribution in [0, 0.1) is 18.3 Å². The van der Waals surface area contributed by atoms with Gasteiger partial charge in [-0.15, -0.1) is 0 Å². The van der Waals surface area contributed by atoms with Crippen molar-refractivity contribution >= 4 is 17.4 Å². The number of anilines is 1. The molecule has 4 heteroatoms. The van der Waals surface area contributed by atoms with E-state index in [1.807, 2.05) is 31.2 Å². The molecule has 2 aromatic rings. The van der Waals surface area contributed by atoms with Crippen LogP contribution in [0.4, 0.5) is 5.82 Å². The van der Waals surface area contributed by atoms with E-state index in [-0.39, 0.29) is 0 Å². The number of rotatable bonds is 3. The quantitative estimate of drug-likeness (QED) is 0.915. The molecule has 0 bridgehead atoms. The van der Waals surface area contributed by atoms with Crippen LogP contribution in [0.3, 0.4) is 0 Å². The molecule has 0 unspecified atom stereocenters. The maximum atomic E-state index is 8.89. The summed E-state index contributed by atoms with van der Waals surface area (Å²) in [5.41, 5.74) is 2.42. The zero-order valence-electron chi connectivity index (χ0n) is 9.94. The normalized spacial score (nSPS) is 9.83. The molecule has 0 amide bonds. The average Bonchev–Trinajstić information content (AvgIpc) is 2.37. The van der Waals surface area contributed by atoms with Crippen LogP contribution in [0.1, 0.15) is 16.8 Å². The van der Waals surface area contributed by atoms with Crippen LogP contribution in [0.15, 0.2) is 36.4 Å². The summed E-state index contributed by atoms with van der Waals surface area (Å²) < 4.78 is 0. The van der Waals surface area contributed by atoms with Gasteiger partial charge in [0.05, 0.1) is 11.6 Å². The highest BCUT2D eigenvalue weighted by atomic mass is 35.5. The molecule has 1 N–H and O–H groups in total. The number of nitrogens with one attached hydrogen (secondary N) is 1. The lowest BCUT2D eigenvalue weighted by Gasteiger charge is -2.08. The van der Waals surface area contributed by atoms with Crippen LogP contribution >= 0.6 is 11.6 Å². The van der Waals surface area contributed by atoms with Crippen molar-refractivity contribution in [3.8, 4) is 6.07 Å². The molecular weight excluding hydrogens is 246 g/mol. The molecule has 3 nitrogen and oxygen atoms in total. The lowest BCUT2D eigenvalue weighted by Crippen LogP contribution is -2.03. The van der Waals surface area contributed by atoms with Crippen molar-refractivity contribution in [2.75, 3.05) is 5.32 Å². The molecule has 0 fully saturated rings. The first kappa shape index (κ1) is 12.4. The highest BCUT2D eigenvalue weighted by molar-refractivity contribution is 6.31. The minimum atomic E-state index is 0.584. The largest absolute Gasteiger partial charge is 0.366 e. The Bertz CT molecular complexity index is 602. The maximum Gasteiger partial charge on any atom is 0.127 e. The van der Waals surface area contributed by atoms with Gasteiger partial charge in [0.1, 0.15) is 5.82 Å². The van der Waals surface area contributed by atoms with E-state index in [1.165, 1.54) is 0 Å². The van der Waals surface area contributed by atoms with Crippen LogP contribution in [0.25, 0.3) is 0 Å². The molecule has 18 heavy (non-hydrogen) atoms. The molecule has 0 saturated heterocycles. The third kappa shape index (κ3) is 2.99. The second-order valence-electron chi connectivity index (χ2n) is 3.94. The Balaban J connectivity index is 2.14. The Morgan fingerprint density at radius 2 is 2.11 bits per heavy atom. The van der Waals surface area contributed by atoms with Crippen molar-refractivity contribution in [1.29, 1.82) is 5.26 Å². The Morgan fingerprint density at radius 1 is 1.33 bits per heavy atom. The molecule has 1 aromatic carbocycles. The summed E-state index contributed by atoms with van der Waals surface area (Å²) in [5.74, 6) is 0.687.